The average molecular weight is 218 g/mol. The first-order valence-electron chi connectivity index (χ1n) is 5.88. The molecule has 0 bridgehead atoms. The van der Waals surface area contributed by atoms with Crippen LogP contribution < -0.4 is 5.32 Å². The Kier molecular flexibility index (Phi) is 3.58. The smallest absolute Gasteiger partial charge is 0.149 e. The third-order valence-electron chi connectivity index (χ3n) is 2.95. The van der Waals surface area contributed by atoms with Crippen LogP contribution in [-0.4, -0.2) is 21.3 Å². The van der Waals surface area contributed by atoms with Gasteiger partial charge in [-0.2, -0.15) is 0 Å². The Morgan fingerprint density at radius 1 is 1.44 bits per heavy atom. The minimum absolute atomic E-state index is 0.222. The molecule has 0 saturated heterocycles. The van der Waals surface area contributed by atoms with Gasteiger partial charge in [0.1, 0.15) is 11.6 Å². The van der Waals surface area contributed by atoms with E-state index in [4.69, 9.17) is 0 Å². The Hall–Kier alpha value is -1.34. The van der Waals surface area contributed by atoms with E-state index >= 15 is 0 Å². The van der Waals surface area contributed by atoms with Gasteiger partial charge in [-0.3, -0.25) is 5.32 Å². The van der Waals surface area contributed by atoms with Gasteiger partial charge in [-0.15, -0.1) is 16.1 Å². The highest BCUT2D eigenvalue weighted by atomic mass is 15.3. The molecule has 16 heavy (non-hydrogen) atoms. The van der Waals surface area contributed by atoms with Crippen molar-refractivity contribution >= 4 is 0 Å². The molecular formula is C12H18N4. The van der Waals surface area contributed by atoms with Gasteiger partial charge in [-0.05, 0) is 26.7 Å². The lowest BCUT2D eigenvalue weighted by Gasteiger charge is -2.18. The van der Waals surface area contributed by atoms with Gasteiger partial charge in [0.2, 0.25) is 0 Å². The summed E-state index contributed by atoms with van der Waals surface area (Å²) in [5.74, 6) is 8.06. The van der Waals surface area contributed by atoms with Gasteiger partial charge < -0.3 is 4.57 Å². The number of hydrogen-bond donors (Lipinski definition) is 1. The van der Waals surface area contributed by atoms with Crippen LogP contribution in [0, 0.1) is 11.8 Å². The second-order valence-corrected chi connectivity index (χ2v) is 4.11. The number of rotatable bonds is 3. The minimum Gasteiger partial charge on any atom is -0.314 e. The SMILES string of the molecule is CC#CCN[C@H](C)c1nnc2n1CCCC2. The summed E-state index contributed by atoms with van der Waals surface area (Å²) in [6.07, 6.45) is 3.54. The molecule has 1 aliphatic rings. The summed E-state index contributed by atoms with van der Waals surface area (Å²) in [6.45, 7) is 5.73. The lowest BCUT2D eigenvalue weighted by Crippen LogP contribution is -2.24. The van der Waals surface area contributed by atoms with Crippen molar-refractivity contribution in [3.05, 3.63) is 11.6 Å². The van der Waals surface area contributed by atoms with E-state index in [1.165, 1.54) is 12.8 Å². The molecule has 1 N–H and O–H groups in total. The van der Waals surface area contributed by atoms with Crippen molar-refractivity contribution in [2.45, 2.75) is 45.7 Å². The molecule has 86 valence electrons. The Balaban J connectivity index is 2.07. The molecule has 0 fully saturated rings. The lowest BCUT2D eigenvalue weighted by molar-refractivity contribution is 0.475. The summed E-state index contributed by atoms with van der Waals surface area (Å²) in [7, 11) is 0. The fourth-order valence-corrected chi connectivity index (χ4v) is 2.03. The molecule has 0 saturated carbocycles. The first kappa shape index (κ1) is 11.2. The Morgan fingerprint density at radius 2 is 2.31 bits per heavy atom. The summed E-state index contributed by atoms with van der Waals surface area (Å²) in [5, 5.41) is 11.9. The molecule has 0 spiro atoms. The minimum atomic E-state index is 0.222. The van der Waals surface area contributed by atoms with Gasteiger partial charge in [0, 0.05) is 13.0 Å². The van der Waals surface area contributed by atoms with Crippen LogP contribution in [-0.2, 0) is 13.0 Å². The Bertz CT molecular complexity index is 410. The topological polar surface area (TPSA) is 42.7 Å². The lowest BCUT2D eigenvalue weighted by atomic mass is 10.1. The van der Waals surface area contributed by atoms with Crippen molar-refractivity contribution < 1.29 is 0 Å². The quantitative estimate of drug-likeness (QED) is 0.777. The predicted molar refractivity (Wildman–Crippen MR) is 62.8 cm³/mol. The van der Waals surface area contributed by atoms with E-state index in [-0.39, 0.29) is 6.04 Å². The van der Waals surface area contributed by atoms with Crippen LogP contribution in [0.1, 0.15) is 44.4 Å². The van der Waals surface area contributed by atoms with Crippen molar-refractivity contribution in [3.8, 4) is 11.8 Å². The Morgan fingerprint density at radius 3 is 3.12 bits per heavy atom. The molecule has 2 heterocycles. The molecule has 1 aromatic heterocycles. The summed E-state index contributed by atoms with van der Waals surface area (Å²) in [6, 6.07) is 0.222. The van der Waals surface area contributed by atoms with E-state index in [9.17, 15) is 0 Å². The average Bonchev–Trinajstić information content (AvgIpc) is 2.73. The number of aromatic nitrogens is 3. The normalized spacial score (nSPS) is 16.1. The molecule has 0 amide bonds. The van der Waals surface area contributed by atoms with Gasteiger partial charge in [0.05, 0.1) is 12.6 Å². The fourth-order valence-electron chi connectivity index (χ4n) is 2.03. The van der Waals surface area contributed by atoms with Crippen molar-refractivity contribution in [1.29, 1.82) is 0 Å². The van der Waals surface area contributed by atoms with E-state index in [0.717, 1.165) is 24.6 Å². The maximum atomic E-state index is 4.28. The molecule has 0 unspecified atom stereocenters. The maximum absolute atomic E-state index is 4.28. The van der Waals surface area contributed by atoms with Crippen LogP contribution in [0.3, 0.4) is 0 Å². The summed E-state index contributed by atoms with van der Waals surface area (Å²) >= 11 is 0. The molecule has 0 aliphatic carbocycles. The third-order valence-corrected chi connectivity index (χ3v) is 2.95. The standard InChI is InChI=1S/C12H18N4/c1-3-4-8-13-10(2)12-15-14-11-7-5-6-9-16(11)12/h10,13H,5-9H2,1-2H3/t10-/m1/s1. The molecule has 1 aliphatic heterocycles. The highest BCUT2D eigenvalue weighted by Crippen LogP contribution is 2.18. The Labute approximate surface area is 96.5 Å². The van der Waals surface area contributed by atoms with Gasteiger partial charge in [-0.25, -0.2) is 0 Å². The molecule has 0 aromatic carbocycles. The van der Waals surface area contributed by atoms with Gasteiger partial charge >= 0.3 is 0 Å². The third kappa shape index (κ3) is 2.25. The summed E-state index contributed by atoms with van der Waals surface area (Å²) in [5.41, 5.74) is 0. The van der Waals surface area contributed by atoms with Crippen molar-refractivity contribution in [3.63, 3.8) is 0 Å². The molecule has 4 heteroatoms. The van der Waals surface area contributed by atoms with E-state index in [0.29, 0.717) is 6.54 Å². The van der Waals surface area contributed by atoms with Crippen LogP contribution in [0.4, 0.5) is 0 Å². The molecular weight excluding hydrogens is 200 g/mol. The van der Waals surface area contributed by atoms with Crippen LogP contribution in [0.25, 0.3) is 0 Å². The second kappa shape index (κ2) is 5.13. The highest BCUT2D eigenvalue weighted by Gasteiger charge is 2.19. The molecule has 1 aromatic rings. The van der Waals surface area contributed by atoms with Crippen molar-refractivity contribution in [2.24, 2.45) is 0 Å². The number of hydrogen-bond acceptors (Lipinski definition) is 3. The zero-order chi connectivity index (χ0) is 11.4. The molecule has 2 rings (SSSR count). The van der Waals surface area contributed by atoms with Gasteiger partial charge in [0.25, 0.3) is 0 Å². The zero-order valence-electron chi connectivity index (χ0n) is 9.95. The molecule has 1 atom stereocenters. The highest BCUT2D eigenvalue weighted by molar-refractivity contribution is 5.04. The van der Waals surface area contributed by atoms with Crippen LogP contribution in [0.15, 0.2) is 0 Å². The zero-order valence-corrected chi connectivity index (χ0v) is 9.95. The second-order valence-electron chi connectivity index (χ2n) is 4.11. The summed E-state index contributed by atoms with van der Waals surface area (Å²) in [4.78, 5) is 0. The van der Waals surface area contributed by atoms with Crippen LogP contribution in [0.2, 0.25) is 0 Å². The van der Waals surface area contributed by atoms with E-state index in [1.54, 1.807) is 0 Å². The van der Waals surface area contributed by atoms with Crippen molar-refractivity contribution in [2.75, 3.05) is 6.54 Å². The van der Waals surface area contributed by atoms with Crippen LogP contribution >= 0.6 is 0 Å². The number of nitrogens with one attached hydrogen (secondary N) is 1. The fraction of sp³-hybridized carbons (Fsp3) is 0.667. The molecule has 4 nitrogen and oxygen atoms in total. The summed E-state index contributed by atoms with van der Waals surface area (Å²) < 4.78 is 2.25. The largest absolute Gasteiger partial charge is 0.314 e. The van der Waals surface area contributed by atoms with Gasteiger partial charge in [-0.1, -0.05) is 5.92 Å². The number of aryl methyl sites for hydroxylation is 1. The molecule has 0 radical (unpaired) electrons. The predicted octanol–water partition coefficient (Wildman–Crippen LogP) is 1.29. The van der Waals surface area contributed by atoms with Gasteiger partial charge in [0.15, 0.2) is 0 Å². The first-order valence-corrected chi connectivity index (χ1v) is 5.88. The monoisotopic (exact) mass is 218 g/mol. The first-order chi connectivity index (χ1) is 7.83. The van der Waals surface area contributed by atoms with E-state index in [1.807, 2.05) is 6.92 Å². The number of nitrogens with zero attached hydrogens (tertiary/aromatic N) is 3. The van der Waals surface area contributed by atoms with E-state index in [2.05, 4.69) is 38.8 Å². The van der Waals surface area contributed by atoms with E-state index < -0.39 is 0 Å². The van der Waals surface area contributed by atoms with Crippen LogP contribution in [0.5, 0.6) is 0 Å². The maximum Gasteiger partial charge on any atom is 0.149 e. The van der Waals surface area contributed by atoms with Crippen molar-refractivity contribution in [1.82, 2.24) is 20.1 Å². The number of fused-ring (bicyclic) bond motifs is 1.